The molecule has 1 fully saturated rings. The number of aryl methyl sites for hydroxylation is 1. The second-order valence-corrected chi connectivity index (χ2v) is 8.05. The highest BCUT2D eigenvalue weighted by Crippen LogP contribution is 2.36. The Hall–Kier alpha value is -2.22. The summed E-state index contributed by atoms with van der Waals surface area (Å²) in [6, 6.07) is 7.79. The molecular formula is C20H23ClN6O. The molecule has 0 saturated carbocycles. The highest BCUT2D eigenvalue weighted by Gasteiger charge is 2.43. The maximum Gasteiger partial charge on any atom is 0.165 e. The van der Waals surface area contributed by atoms with E-state index in [-0.39, 0.29) is 5.60 Å². The van der Waals surface area contributed by atoms with Crippen molar-refractivity contribution in [1.29, 1.82) is 0 Å². The van der Waals surface area contributed by atoms with E-state index in [1.165, 1.54) is 5.56 Å². The third-order valence-corrected chi connectivity index (χ3v) is 6.04. The summed E-state index contributed by atoms with van der Waals surface area (Å²) >= 11 is 6.41. The van der Waals surface area contributed by atoms with Crippen molar-refractivity contribution in [3.05, 3.63) is 53.1 Å². The molecule has 2 aliphatic rings. The van der Waals surface area contributed by atoms with E-state index in [1.807, 2.05) is 35.1 Å². The molecule has 1 aromatic carbocycles. The van der Waals surface area contributed by atoms with E-state index in [9.17, 15) is 0 Å². The van der Waals surface area contributed by atoms with Gasteiger partial charge in [-0.3, -0.25) is 9.58 Å². The van der Waals surface area contributed by atoms with Crippen LogP contribution in [0, 0.1) is 0 Å². The highest BCUT2D eigenvalue weighted by molar-refractivity contribution is 6.33. The molecule has 0 N–H and O–H groups in total. The van der Waals surface area contributed by atoms with Crippen LogP contribution in [0.25, 0.3) is 11.4 Å². The van der Waals surface area contributed by atoms with Gasteiger partial charge in [-0.15, -0.1) is 10.2 Å². The molecule has 5 rings (SSSR count). The Balaban J connectivity index is 1.36. The van der Waals surface area contributed by atoms with Gasteiger partial charge in [-0.05, 0) is 25.5 Å². The van der Waals surface area contributed by atoms with Crippen LogP contribution in [0.2, 0.25) is 5.02 Å². The maximum absolute atomic E-state index is 6.41. The average Bonchev–Trinajstić information content (AvgIpc) is 3.42. The summed E-state index contributed by atoms with van der Waals surface area (Å²) in [5.41, 5.74) is 1.96. The minimum Gasteiger partial charge on any atom is -0.364 e. The Bertz CT molecular complexity index is 998. The monoisotopic (exact) mass is 398 g/mol. The second kappa shape index (κ2) is 6.99. The van der Waals surface area contributed by atoms with Gasteiger partial charge in [0.15, 0.2) is 11.6 Å². The van der Waals surface area contributed by atoms with Gasteiger partial charge in [0.05, 0.1) is 17.8 Å². The summed E-state index contributed by atoms with van der Waals surface area (Å²) in [5.74, 6) is 1.69. The summed E-state index contributed by atoms with van der Waals surface area (Å²) in [5, 5.41) is 13.8. The van der Waals surface area contributed by atoms with Gasteiger partial charge in [-0.1, -0.05) is 23.7 Å². The van der Waals surface area contributed by atoms with Gasteiger partial charge in [0.25, 0.3) is 0 Å². The summed E-state index contributed by atoms with van der Waals surface area (Å²) in [7, 11) is 0. The first-order valence-corrected chi connectivity index (χ1v) is 10.1. The lowest BCUT2D eigenvalue weighted by atomic mass is 10.0. The molecule has 0 radical (unpaired) electrons. The van der Waals surface area contributed by atoms with Gasteiger partial charge in [0.2, 0.25) is 0 Å². The molecule has 0 aliphatic carbocycles. The second-order valence-electron chi connectivity index (χ2n) is 7.64. The van der Waals surface area contributed by atoms with Gasteiger partial charge >= 0.3 is 0 Å². The molecule has 4 heterocycles. The fraction of sp³-hybridized carbons (Fsp3) is 0.450. The van der Waals surface area contributed by atoms with Crippen LogP contribution < -0.4 is 0 Å². The number of ether oxygens (including phenoxy) is 1. The zero-order valence-corrected chi connectivity index (χ0v) is 16.6. The Morgan fingerprint density at radius 2 is 2.11 bits per heavy atom. The van der Waals surface area contributed by atoms with Crippen molar-refractivity contribution in [3.63, 3.8) is 0 Å². The van der Waals surface area contributed by atoms with Crippen LogP contribution in [-0.2, 0) is 31.0 Å². The topological polar surface area (TPSA) is 61.0 Å². The maximum atomic E-state index is 6.41. The molecule has 1 atom stereocenters. The summed E-state index contributed by atoms with van der Waals surface area (Å²) in [6.07, 6.45) is 5.08. The van der Waals surface area contributed by atoms with Crippen LogP contribution in [0.3, 0.4) is 0 Å². The average molecular weight is 399 g/mol. The van der Waals surface area contributed by atoms with Gasteiger partial charge in [0, 0.05) is 43.5 Å². The van der Waals surface area contributed by atoms with Gasteiger partial charge in [0.1, 0.15) is 12.2 Å². The normalized spacial score (nSPS) is 22.1. The third-order valence-electron chi connectivity index (χ3n) is 5.71. The first-order valence-electron chi connectivity index (χ1n) is 9.70. The van der Waals surface area contributed by atoms with E-state index in [1.54, 1.807) is 0 Å². The molecule has 1 spiro atoms. The first-order chi connectivity index (χ1) is 13.7. The lowest BCUT2D eigenvalue weighted by Gasteiger charge is -2.34. The van der Waals surface area contributed by atoms with Crippen LogP contribution in [-0.4, -0.2) is 48.1 Å². The summed E-state index contributed by atoms with van der Waals surface area (Å²) in [6.45, 7) is 7.04. The van der Waals surface area contributed by atoms with Crippen LogP contribution in [0.15, 0.2) is 36.7 Å². The first kappa shape index (κ1) is 17.8. The smallest absolute Gasteiger partial charge is 0.165 e. The molecular weight excluding hydrogens is 376 g/mol. The van der Waals surface area contributed by atoms with Crippen LogP contribution in [0.5, 0.6) is 0 Å². The predicted octanol–water partition coefficient (Wildman–Crippen LogP) is 2.99. The van der Waals surface area contributed by atoms with Crippen LogP contribution >= 0.6 is 11.6 Å². The standard InChI is InChI=1S/C20H23ClN6O/c1-2-26-11-15(9-22-26)10-25-8-7-20(13-25)14-27-18(12-28-20)23-24-19(27)16-5-3-4-6-17(16)21/h3-6,9,11H,2,7-8,10,12-14H2,1H3. The van der Waals surface area contributed by atoms with E-state index in [0.717, 1.165) is 56.4 Å². The molecule has 146 valence electrons. The highest BCUT2D eigenvalue weighted by atomic mass is 35.5. The number of nitrogens with zero attached hydrogens (tertiary/aromatic N) is 6. The van der Waals surface area contributed by atoms with E-state index in [2.05, 4.69) is 37.9 Å². The van der Waals surface area contributed by atoms with Crippen molar-refractivity contribution in [2.75, 3.05) is 13.1 Å². The Kier molecular flexibility index (Phi) is 4.45. The quantitative estimate of drug-likeness (QED) is 0.676. The summed E-state index contributed by atoms with van der Waals surface area (Å²) < 4.78 is 10.5. The summed E-state index contributed by atoms with van der Waals surface area (Å²) in [4.78, 5) is 2.45. The van der Waals surface area contributed by atoms with Crippen LogP contribution in [0.1, 0.15) is 24.7 Å². The van der Waals surface area contributed by atoms with Crippen molar-refractivity contribution >= 4 is 11.6 Å². The largest absolute Gasteiger partial charge is 0.364 e. The van der Waals surface area contributed by atoms with E-state index in [0.29, 0.717) is 11.6 Å². The van der Waals surface area contributed by atoms with Crippen molar-refractivity contribution < 1.29 is 4.74 Å². The molecule has 7 nitrogen and oxygen atoms in total. The molecule has 1 saturated heterocycles. The zero-order chi connectivity index (χ0) is 19.1. The third kappa shape index (κ3) is 3.13. The van der Waals surface area contributed by atoms with Crippen molar-refractivity contribution in [2.45, 2.75) is 45.2 Å². The number of likely N-dealkylation sites (tertiary alicyclic amines) is 1. The molecule has 28 heavy (non-hydrogen) atoms. The van der Waals surface area contributed by atoms with Crippen molar-refractivity contribution in [2.24, 2.45) is 0 Å². The van der Waals surface area contributed by atoms with Crippen LogP contribution in [0.4, 0.5) is 0 Å². The van der Waals surface area contributed by atoms with E-state index in [4.69, 9.17) is 16.3 Å². The molecule has 2 aromatic heterocycles. The molecule has 1 unspecified atom stereocenters. The minimum atomic E-state index is -0.202. The zero-order valence-electron chi connectivity index (χ0n) is 15.9. The minimum absolute atomic E-state index is 0.202. The number of hydrogen-bond acceptors (Lipinski definition) is 5. The number of fused-ring (bicyclic) bond motifs is 1. The molecule has 0 bridgehead atoms. The Morgan fingerprint density at radius 3 is 2.93 bits per heavy atom. The number of benzene rings is 1. The van der Waals surface area contributed by atoms with Gasteiger partial charge in [-0.2, -0.15) is 5.10 Å². The SMILES string of the molecule is CCn1cc(CN2CCC3(C2)Cn2c(nnc2-c2ccccc2Cl)CO3)cn1. The predicted molar refractivity (Wildman–Crippen MR) is 106 cm³/mol. The number of halogens is 1. The lowest BCUT2D eigenvalue weighted by Crippen LogP contribution is -2.44. The fourth-order valence-corrected chi connectivity index (χ4v) is 4.45. The van der Waals surface area contributed by atoms with Crippen molar-refractivity contribution in [1.82, 2.24) is 29.4 Å². The Morgan fingerprint density at radius 1 is 1.21 bits per heavy atom. The molecule has 3 aromatic rings. The molecule has 2 aliphatic heterocycles. The molecule has 8 heteroatoms. The van der Waals surface area contributed by atoms with Gasteiger partial charge < -0.3 is 9.30 Å². The Labute approximate surface area is 168 Å². The molecule has 0 amide bonds. The number of hydrogen-bond donors (Lipinski definition) is 0. The van der Waals surface area contributed by atoms with E-state index >= 15 is 0 Å². The number of rotatable bonds is 4. The number of aromatic nitrogens is 5. The van der Waals surface area contributed by atoms with Crippen molar-refractivity contribution in [3.8, 4) is 11.4 Å². The fourth-order valence-electron chi connectivity index (χ4n) is 4.23. The van der Waals surface area contributed by atoms with E-state index < -0.39 is 0 Å². The van der Waals surface area contributed by atoms with Gasteiger partial charge in [-0.25, -0.2) is 0 Å². The lowest BCUT2D eigenvalue weighted by molar-refractivity contribution is -0.0821.